The van der Waals surface area contributed by atoms with Crippen LogP contribution in [0.5, 0.6) is 0 Å². The van der Waals surface area contributed by atoms with Crippen LogP contribution in [0.3, 0.4) is 0 Å². The van der Waals surface area contributed by atoms with Gasteiger partial charge in [0.2, 0.25) is 0 Å². The van der Waals surface area contributed by atoms with Gasteiger partial charge in [-0.2, -0.15) is 5.10 Å². The number of fused-ring (bicyclic) bond motifs is 1. The molecule has 6 heteroatoms. The van der Waals surface area contributed by atoms with Gasteiger partial charge in [-0.3, -0.25) is 4.68 Å². The molecule has 0 aliphatic rings. The molecular weight excluding hydrogens is 268 g/mol. The monoisotopic (exact) mass is 282 g/mol. The molecule has 2 N–H and O–H groups in total. The predicted octanol–water partition coefficient (Wildman–Crippen LogP) is 2.89. The number of carboxylic acids is 1. The molecule has 0 spiro atoms. The molecule has 0 amide bonds. The number of anilines is 2. The third kappa shape index (κ3) is 2.55. The summed E-state index contributed by atoms with van der Waals surface area (Å²) in [5.74, 6) is -0.298. The molecule has 0 aliphatic heterocycles. The second-order valence-electron chi connectivity index (χ2n) is 4.58. The summed E-state index contributed by atoms with van der Waals surface area (Å²) in [6.07, 6.45) is 3.61. The third-order valence-electron chi connectivity index (χ3n) is 3.19. The van der Waals surface area contributed by atoms with Crippen molar-refractivity contribution < 1.29 is 9.90 Å². The van der Waals surface area contributed by atoms with Crippen molar-refractivity contribution in [2.75, 3.05) is 5.32 Å². The van der Waals surface area contributed by atoms with Crippen LogP contribution < -0.4 is 5.32 Å². The van der Waals surface area contributed by atoms with Crippen molar-refractivity contribution in [2.24, 2.45) is 0 Å². The van der Waals surface area contributed by atoms with E-state index in [1.54, 1.807) is 36.5 Å². The Labute approximate surface area is 121 Å². The lowest BCUT2D eigenvalue weighted by Gasteiger charge is -2.06. The quantitative estimate of drug-likeness (QED) is 0.769. The van der Waals surface area contributed by atoms with Crippen molar-refractivity contribution in [2.45, 2.75) is 13.5 Å². The summed E-state index contributed by atoms with van der Waals surface area (Å²) in [4.78, 5) is 15.6. The van der Waals surface area contributed by atoms with Crippen LogP contribution in [-0.2, 0) is 6.54 Å². The van der Waals surface area contributed by atoms with Crippen molar-refractivity contribution in [3.63, 3.8) is 0 Å². The summed E-state index contributed by atoms with van der Waals surface area (Å²) in [5.41, 5.74) is 1.74. The van der Waals surface area contributed by atoms with E-state index in [0.29, 0.717) is 16.7 Å². The second kappa shape index (κ2) is 5.24. The zero-order chi connectivity index (χ0) is 14.8. The van der Waals surface area contributed by atoms with Gasteiger partial charge in [-0.05, 0) is 31.2 Å². The molecular formula is C15H14N4O2. The first kappa shape index (κ1) is 13.1. The Morgan fingerprint density at radius 3 is 2.90 bits per heavy atom. The molecule has 3 rings (SSSR count). The average molecular weight is 282 g/mol. The number of nitrogens with one attached hydrogen (secondary N) is 1. The van der Waals surface area contributed by atoms with Crippen molar-refractivity contribution >= 4 is 28.4 Å². The lowest BCUT2D eigenvalue weighted by molar-refractivity contribution is 0.0699. The van der Waals surface area contributed by atoms with Gasteiger partial charge in [0.1, 0.15) is 5.82 Å². The highest BCUT2D eigenvalue weighted by molar-refractivity contribution is 6.02. The summed E-state index contributed by atoms with van der Waals surface area (Å²) < 4.78 is 1.81. The van der Waals surface area contributed by atoms with Crippen LogP contribution in [0.25, 0.3) is 10.9 Å². The van der Waals surface area contributed by atoms with Crippen molar-refractivity contribution in [3.8, 4) is 0 Å². The van der Waals surface area contributed by atoms with Crippen molar-refractivity contribution in [1.29, 1.82) is 0 Å². The van der Waals surface area contributed by atoms with E-state index in [1.807, 2.05) is 17.8 Å². The third-order valence-corrected chi connectivity index (χ3v) is 3.19. The minimum absolute atomic E-state index is 0.255. The Hall–Kier alpha value is -2.89. The number of aromatic nitrogens is 3. The molecule has 0 saturated heterocycles. The Kier molecular flexibility index (Phi) is 3.27. The van der Waals surface area contributed by atoms with Crippen molar-refractivity contribution in [3.05, 3.63) is 48.3 Å². The zero-order valence-corrected chi connectivity index (χ0v) is 11.4. The van der Waals surface area contributed by atoms with E-state index in [0.717, 1.165) is 12.2 Å². The van der Waals surface area contributed by atoms with Crippen LogP contribution in [0.4, 0.5) is 11.5 Å². The van der Waals surface area contributed by atoms with E-state index in [4.69, 9.17) is 5.11 Å². The number of hydrogen-bond acceptors (Lipinski definition) is 4. The maximum absolute atomic E-state index is 11.2. The largest absolute Gasteiger partial charge is 0.478 e. The molecule has 0 bridgehead atoms. The molecule has 2 heterocycles. The fourth-order valence-electron chi connectivity index (χ4n) is 2.16. The smallest absolute Gasteiger partial charge is 0.336 e. The molecule has 0 aliphatic carbocycles. The van der Waals surface area contributed by atoms with E-state index in [2.05, 4.69) is 15.4 Å². The van der Waals surface area contributed by atoms with Crippen LogP contribution >= 0.6 is 0 Å². The maximum atomic E-state index is 11.2. The number of carboxylic acid groups (broad SMARTS) is 1. The van der Waals surface area contributed by atoms with Crippen LogP contribution in [0, 0.1) is 0 Å². The lowest BCUT2D eigenvalue weighted by Crippen LogP contribution is -1.99. The molecule has 21 heavy (non-hydrogen) atoms. The van der Waals surface area contributed by atoms with Crippen LogP contribution in [0.2, 0.25) is 0 Å². The highest BCUT2D eigenvalue weighted by atomic mass is 16.4. The standard InChI is InChI=1S/C15H14N4O2/c1-2-19-9-10(8-16-19)17-14-7-6-11-12(15(20)21)4-3-5-13(11)18-14/h3-9H,2H2,1H3,(H,17,18)(H,20,21). The minimum atomic E-state index is -0.952. The van der Waals surface area contributed by atoms with Gasteiger partial charge in [0.05, 0.1) is 23.0 Å². The molecule has 0 fully saturated rings. The van der Waals surface area contributed by atoms with E-state index >= 15 is 0 Å². The van der Waals surface area contributed by atoms with Crippen LogP contribution in [0.1, 0.15) is 17.3 Å². The van der Waals surface area contributed by atoms with Crippen LogP contribution in [0.15, 0.2) is 42.7 Å². The summed E-state index contributed by atoms with van der Waals surface area (Å²) in [5, 5.41) is 17.1. The van der Waals surface area contributed by atoms with Gasteiger partial charge in [0.25, 0.3) is 0 Å². The number of pyridine rings is 1. The Balaban J connectivity index is 1.96. The normalized spacial score (nSPS) is 10.7. The molecule has 3 aromatic rings. The summed E-state index contributed by atoms with van der Waals surface area (Å²) in [6.45, 7) is 2.81. The van der Waals surface area contributed by atoms with Crippen molar-refractivity contribution in [1.82, 2.24) is 14.8 Å². The maximum Gasteiger partial charge on any atom is 0.336 e. The molecule has 0 unspecified atom stereocenters. The number of nitrogens with zero attached hydrogens (tertiary/aromatic N) is 3. The first-order valence-corrected chi connectivity index (χ1v) is 6.60. The first-order chi connectivity index (χ1) is 10.2. The number of rotatable bonds is 4. The first-order valence-electron chi connectivity index (χ1n) is 6.60. The molecule has 0 saturated carbocycles. The Morgan fingerprint density at radius 1 is 1.33 bits per heavy atom. The predicted molar refractivity (Wildman–Crippen MR) is 79.9 cm³/mol. The van der Waals surface area contributed by atoms with Gasteiger partial charge >= 0.3 is 5.97 Å². The van der Waals surface area contributed by atoms with Gasteiger partial charge in [0.15, 0.2) is 0 Å². The fourth-order valence-corrected chi connectivity index (χ4v) is 2.16. The Morgan fingerprint density at radius 2 is 2.19 bits per heavy atom. The second-order valence-corrected chi connectivity index (χ2v) is 4.58. The Bertz CT molecular complexity index is 810. The summed E-state index contributed by atoms with van der Waals surface area (Å²) in [6, 6.07) is 8.58. The molecule has 106 valence electrons. The summed E-state index contributed by atoms with van der Waals surface area (Å²) >= 11 is 0. The topological polar surface area (TPSA) is 80.0 Å². The van der Waals surface area contributed by atoms with E-state index in [1.165, 1.54) is 0 Å². The van der Waals surface area contributed by atoms with Gasteiger partial charge in [0, 0.05) is 18.1 Å². The minimum Gasteiger partial charge on any atom is -0.478 e. The number of aryl methyl sites for hydroxylation is 1. The highest BCUT2D eigenvalue weighted by Crippen LogP contribution is 2.21. The fraction of sp³-hybridized carbons (Fsp3) is 0.133. The molecule has 0 radical (unpaired) electrons. The van der Waals surface area contributed by atoms with Crippen LogP contribution in [-0.4, -0.2) is 25.8 Å². The SMILES string of the molecule is CCn1cc(Nc2ccc3c(C(=O)O)cccc3n2)cn1. The molecule has 1 aromatic carbocycles. The van der Waals surface area contributed by atoms with Gasteiger partial charge < -0.3 is 10.4 Å². The molecule has 6 nitrogen and oxygen atoms in total. The number of carbonyl (C=O) groups is 1. The number of aromatic carboxylic acids is 1. The van der Waals surface area contributed by atoms with Gasteiger partial charge in [-0.15, -0.1) is 0 Å². The summed E-state index contributed by atoms with van der Waals surface area (Å²) in [7, 11) is 0. The van der Waals surface area contributed by atoms with E-state index in [9.17, 15) is 4.79 Å². The van der Waals surface area contributed by atoms with E-state index in [-0.39, 0.29) is 5.56 Å². The average Bonchev–Trinajstić information content (AvgIpc) is 2.94. The zero-order valence-electron chi connectivity index (χ0n) is 11.4. The van der Waals surface area contributed by atoms with E-state index < -0.39 is 5.97 Å². The number of hydrogen-bond donors (Lipinski definition) is 2. The van der Waals surface area contributed by atoms with Gasteiger partial charge in [-0.25, -0.2) is 9.78 Å². The highest BCUT2D eigenvalue weighted by Gasteiger charge is 2.09. The van der Waals surface area contributed by atoms with Gasteiger partial charge in [-0.1, -0.05) is 6.07 Å². The number of benzene rings is 1. The lowest BCUT2D eigenvalue weighted by atomic mass is 10.1. The molecule has 2 aromatic heterocycles. The molecule has 0 atom stereocenters.